The highest BCUT2D eigenvalue weighted by Crippen LogP contribution is 2.23. The summed E-state index contributed by atoms with van der Waals surface area (Å²) < 4.78 is 0.523. The molecule has 20 heavy (non-hydrogen) atoms. The van der Waals surface area contributed by atoms with Gasteiger partial charge in [-0.15, -0.1) is 11.3 Å². The molecule has 0 saturated heterocycles. The Kier molecular flexibility index (Phi) is 4.70. The van der Waals surface area contributed by atoms with Crippen LogP contribution in [0.5, 0.6) is 0 Å². The lowest BCUT2D eigenvalue weighted by Gasteiger charge is -2.05. The van der Waals surface area contributed by atoms with E-state index < -0.39 is 5.97 Å². The molecule has 0 unspecified atom stereocenters. The fraction of sp³-hybridized carbons (Fsp3) is 0. The van der Waals surface area contributed by atoms with Crippen LogP contribution < -0.4 is 5.32 Å². The summed E-state index contributed by atoms with van der Waals surface area (Å²) in [6.07, 6.45) is 3.16. The lowest BCUT2D eigenvalue weighted by atomic mass is 10.2. The summed E-state index contributed by atoms with van der Waals surface area (Å²) in [4.78, 5) is 23.5. The number of amides is 1. The number of hydrogen-bond donors (Lipinski definition) is 2. The normalized spacial score (nSPS) is 10.7. The molecular formula is C14H10BrNO3S. The zero-order valence-corrected chi connectivity index (χ0v) is 12.6. The predicted octanol–water partition coefficient (Wildman–Crippen LogP) is 3.86. The number of carbonyl (C=O) groups excluding carboxylic acids is 1. The lowest BCUT2D eigenvalue weighted by molar-refractivity contribution is -0.111. The van der Waals surface area contributed by atoms with E-state index in [-0.39, 0.29) is 11.5 Å². The average molecular weight is 352 g/mol. The van der Waals surface area contributed by atoms with Crippen LogP contribution in [0.3, 0.4) is 0 Å². The van der Waals surface area contributed by atoms with Crippen molar-refractivity contribution in [3.8, 4) is 0 Å². The molecular weight excluding hydrogens is 342 g/mol. The highest BCUT2D eigenvalue weighted by Gasteiger charge is 2.08. The molecule has 2 N–H and O–H groups in total. The summed E-state index contributed by atoms with van der Waals surface area (Å²) in [5.74, 6) is -1.29. The van der Waals surface area contributed by atoms with Gasteiger partial charge in [0.15, 0.2) is 0 Å². The van der Waals surface area contributed by atoms with E-state index in [2.05, 4.69) is 21.2 Å². The highest BCUT2D eigenvalue weighted by molar-refractivity contribution is 9.10. The Hall–Kier alpha value is -1.92. The van der Waals surface area contributed by atoms with Gasteiger partial charge in [0.05, 0.1) is 11.3 Å². The number of thiophene rings is 1. The molecule has 102 valence electrons. The summed E-state index contributed by atoms with van der Waals surface area (Å²) >= 11 is 4.77. The van der Waals surface area contributed by atoms with E-state index in [1.54, 1.807) is 12.1 Å². The molecule has 0 aliphatic rings. The van der Waals surface area contributed by atoms with Gasteiger partial charge in [-0.25, -0.2) is 4.79 Å². The van der Waals surface area contributed by atoms with Crippen molar-refractivity contribution in [2.45, 2.75) is 0 Å². The molecule has 0 aliphatic heterocycles. The van der Waals surface area contributed by atoms with Crippen LogP contribution in [0.1, 0.15) is 15.2 Å². The van der Waals surface area contributed by atoms with Crippen molar-refractivity contribution >= 4 is 50.9 Å². The van der Waals surface area contributed by atoms with E-state index in [1.165, 1.54) is 29.5 Å². The fourth-order valence-electron chi connectivity index (χ4n) is 1.47. The van der Waals surface area contributed by atoms with E-state index in [0.29, 0.717) is 10.2 Å². The maximum atomic E-state index is 11.7. The van der Waals surface area contributed by atoms with Gasteiger partial charge in [-0.2, -0.15) is 0 Å². The Balaban J connectivity index is 2.06. The molecule has 0 fully saturated rings. The van der Waals surface area contributed by atoms with Crippen LogP contribution in [-0.4, -0.2) is 17.0 Å². The maximum Gasteiger partial charge on any atom is 0.335 e. The second-order valence-electron chi connectivity index (χ2n) is 3.84. The lowest BCUT2D eigenvalue weighted by Crippen LogP contribution is -2.08. The van der Waals surface area contributed by atoms with Crippen molar-refractivity contribution in [2.24, 2.45) is 0 Å². The first-order chi connectivity index (χ1) is 9.56. The van der Waals surface area contributed by atoms with E-state index >= 15 is 0 Å². The van der Waals surface area contributed by atoms with Gasteiger partial charge in [0.1, 0.15) is 0 Å². The van der Waals surface area contributed by atoms with Gasteiger partial charge in [-0.1, -0.05) is 6.07 Å². The number of halogens is 1. The van der Waals surface area contributed by atoms with E-state index in [4.69, 9.17) is 5.11 Å². The third-order valence-corrected chi connectivity index (χ3v) is 3.91. The molecule has 6 heteroatoms. The quantitative estimate of drug-likeness (QED) is 0.821. The Labute approximate surface area is 127 Å². The molecule has 0 saturated carbocycles. The predicted molar refractivity (Wildman–Crippen MR) is 83.1 cm³/mol. The number of rotatable bonds is 4. The Morgan fingerprint density at radius 2 is 2.10 bits per heavy atom. The van der Waals surface area contributed by atoms with Gasteiger partial charge in [-0.05, 0) is 51.7 Å². The van der Waals surface area contributed by atoms with Crippen molar-refractivity contribution < 1.29 is 14.7 Å². The van der Waals surface area contributed by atoms with Crippen LogP contribution in [0.25, 0.3) is 6.08 Å². The van der Waals surface area contributed by atoms with E-state index in [0.717, 1.165) is 4.88 Å². The number of aromatic carboxylic acids is 1. The number of carbonyl (C=O) groups is 2. The third-order valence-electron chi connectivity index (χ3n) is 2.42. The molecule has 0 radical (unpaired) electrons. The molecule has 2 rings (SSSR count). The molecule has 2 aromatic rings. The number of hydrogen-bond acceptors (Lipinski definition) is 3. The highest BCUT2D eigenvalue weighted by atomic mass is 79.9. The standard InChI is InChI=1S/C14H10BrNO3S/c15-11-8-9(14(18)19)3-5-12(11)16-13(17)6-4-10-2-1-7-20-10/h1-8H,(H,16,17)(H,18,19). The zero-order valence-electron chi connectivity index (χ0n) is 10.2. The number of carboxylic acids is 1. The van der Waals surface area contributed by atoms with Crippen molar-refractivity contribution in [3.63, 3.8) is 0 Å². The molecule has 0 aliphatic carbocycles. The first kappa shape index (κ1) is 14.5. The van der Waals surface area contributed by atoms with Gasteiger partial charge < -0.3 is 10.4 Å². The number of anilines is 1. The van der Waals surface area contributed by atoms with Gasteiger partial charge in [0.25, 0.3) is 0 Å². The maximum absolute atomic E-state index is 11.7. The van der Waals surface area contributed by atoms with E-state index in [9.17, 15) is 9.59 Å². The summed E-state index contributed by atoms with van der Waals surface area (Å²) in [6, 6.07) is 8.24. The molecule has 1 aromatic heterocycles. The minimum Gasteiger partial charge on any atom is -0.478 e. The van der Waals surface area contributed by atoms with Gasteiger partial charge >= 0.3 is 5.97 Å². The zero-order chi connectivity index (χ0) is 14.5. The van der Waals surface area contributed by atoms with Crippen LogP contribution in [0.2, 0.25) is 0 Å². The largest absolute Gasteiger partial charge is 0.478 e. The van der Waals surface area contributed by atoms with E-state index in [1.807, 2.05) is 17.5 Å². The van der Waals surface area contributed by atoms with Crippen LogP contribution in [0, 0.1) is 0 Å². The monoisotopic (exact) mass is 351 g/mol. The Bertz CT molecular complexity index is 665. The smallest absolute Gasteiger partial charge is 0.335 e. The number of benzene rings is 1. The number of carboxylic acid groups (broad SMARTS) is 1. The minimum absolute atomic E-state index is 0.156. The molecule has 0 bridgehead atoms. The number of nitrogens with one attached hydrogen (secondary N) is 1. The van der Waals surface area contributed by atoms with Crippen molar-refractivity contribution in [2.75, 3.05) is 5.32 Å². The van der Waals surface area contributed by atoms with Crippen LogP contribution in [0.4, 0.5) is 5.69 Å². The van der Waals surface area contributed by atoms with Crippen LogP contribution >= 0.6 is 27.3 Å². The molecule has 0 spiro atoms. The van der Waals surface area contributed by atoms with Crippen LogP contribution in [0.15, 0.2) is 46.3 Å². The molecule has 0 atom stereocenters. The molecule has 4 nitrogen and oxygen atoms in total. The summed E-state index contributed by atoms with van der Waals surface area (Å²) in [5.41, 5.74) is 0.680. The van der Waals surface area contributed by atoms with Crippen molar-refractivity contribution in [1.82, 2.24) is 0 Å². The molecule has 1 heterocycles. The van der Waals surface area contributed by atoms with Crippen LogP contribution in [-0.2, 0) is 4.79 Å². The Morgan fingerprint density at radius 3 is 2.70 bits per heavy atom. The van der Waals surface area contributed by atoms with Gasteiger partial charge in [0.2, 0.25) is 5.91 Å². The molecule has 1 amide bonds. The Morgan fingerprint density at radius 1 is 1.30 bits per heavy atom. The summed E-state index contributed by atoms with van der Waals surface area (Å²) in [6.45, 7) is 0. The SMILES string of the molecule is O=C(C=Cc1cccs1)Nc1ccc(C(=O)O)cc1Br. The first-order valence-corrected chi connectivity index (χ1v) is 7.29. The molecule has 1 aromatic carbocycles. The third kappa shape index (κ3) is 3.79. The minimum atomic E-state index is -1.01. The topological polar surface area (TPSA) is 66.4 Å². The van der Waals surface area contributed by atoms with Gasteiger partial charge in [0, 0.05) is 15.4 Å². The van der Waals surface area contributed by atoms with Gasteiger partial charge in [-0.3, -0.25) is 4.79 Å². The second-order valence-corrected chi connectivity index (χ2v) is 5.67. The summed E-state index contributed by atoms with van der Waals surface area (Å²) in [7, 11) is 0. The first-order valence-electron chi connectivity index (χ1n) is 5.61. The average Bonchev–Trinajstić information content (AvgIpc) is 2.91. The summed E-state index contributed by atoms with van der Waals surface area (Å²) in [5, 5.41) is 13.5. The fourth-order valence-corrected chi connectivity index (χ4v) is 2.56. The second kappa shape index (κ2) is 6.49. The van der Waals surface area contributed by atoms with Crippen molar-refractivity contribution in [1.29, 1.82) is 0 Å². The van der Waals surface area contributed by atoms with Crippen molar-refractivity contribution in [3.05, 3.63) is 56.7 Å².